The maximum atomic E-state index is 7.54. The first-order valence-electron chi connectivity index (χ1n) is 31.6. The molecule has 2 saturated carbocycles. The minimum Gasteiger partial charge on any atom is -0.454 e. The summed E-state index contributed by atoms with van der Waals surface area (Å²) in [6.07, 6.45) is 12.4. The Morgan fingerprint density at radius 1 is 0.287 bits per heavy atom. The van der Waals surface area contributed by atoms with Crippen LogP contribution in [0.2, 0.25) is 0 Å². The number of hydrogen-bond donors (Lipinski definition) is 0. The van der Waals surface area contributed by atoms with E-state index in [1.165, 1.54) is 129 Å². The molecule has 18 rings (SSSR count). The van der Waals surface area contributed by atoms with Crippen molar-refractivity contribution in [1.29, 1.82) is 0 Å². The Bertz CT molecular complexity index is 5060. The molecule has 0 bridgehead atoms. The van der Waals surface area contributed by atoms with Gasteiger partial charge in [0.25, 0.3) is 0 Å². The first-order chi connectivity index (χ1) is 43.2. The Morgan fingerprint density at radius 2 is 0.655 bits per heavy atom. The number of para-hydroxylation sites is 5. The lowest BCUT2D eigenvalue weighted by Crippen LogP contribution is -2.11. The first-order valence-corrected chi connectivity index (χ1v) is 31.6. The van der Waals surface area contributed by atoms with Crippen molar-refractivity contribution in [3.8, 4) is 5.69 Å². The standard InChI is InChI=1S/C82H63N3O2/c1-6-26-52(27-7-1)67-48-54-30-16-18-38-59(54)75-65-44-24-46-69(79(65)86-81(67)75)83(56-32-10-3-11-33-56)71-50-73-77(63-42-22-20-40-61(63)71)78-64-43-23-21-41-62(64)72(51-74(78)85(73)58-36-14-5-15-37-58)84(57-34-12-4-13-35-57)70-47-25-45-66-76-60-39-19-17-31-55(60)49-68(82(76)87-80(66)70)53-28-8-2-9-29-53/h3-5,10-25,30-53H,1-2,6-9,26-29H2. The number of fused-ring (bicyclic) bond motifs is 17. The normalized spacial score (nSPS) is 14.6. The molecule has 0 unspecified atom stereocenters. The van der Waals surface area contributed by atoms with Gasteiger partial charge in [-0.2, -0.15) is 0 Å². The summed E-state index contributed by atoms with van der Waals surface area (Å²) in [6, 6.07) is 92.3. The second kappa shape index (κ2) is 20.3. The van der Waals surface area contributed by atoms with E-state index in [-0.39, 0.29) is 0 Å². The predicted octanol–water partition coefficient (Wildman–Crippen LogP) is 24.2. The van der Waals surface area contributed by atoms with E-state index < -0.39 is 0 Å². The molecule has 0 radical (unpaired) electrons. The van der Waals surface area contributed by atoms with E-state index in [2.05, 4.69) is 263 Å². The lowest BCUT2D eigenvalue weighted by molar-refractivity contribution is 0.442. The van der Waals surface area contributed by atoms with Crippen LogP contribution in [0.3, 0.4) is 0 Å². The monoisotopic (exact) mass is 1120 g/mol. The third-order valence-corrected chi connectivity index (χ3v) is 19.8. The van der Waals surface area contributed by atoms with Crippen molar-refractivity contribution in [3.05, 3.63) is 260 Å². The van der Waals surface area contributed by atoms with Crippen molar-refractivity contribution >= 4 is 143 Å². The van der Waals surface area contributed by atoms with E-state index in [9.17, 15) is 0 Å². The Labute approximate surface area is 504 Å². The summed E-state index contributed by atoms with van der Waals surface area (Å²) < 4.78 is 17.6. The minimum absolute atomic E-state index is 0.460. The summed E-state index contributed by atoms with van der Waals surface area (Å²) in [5.41, 5.74) is 16.1. The third kappa shape index (κ3) is 7.84. The van der Waals surface area contributed by atoms with Gasteiger partial charge in [-0.15, -0.1) is 0 Å². The van der Waals surface area contributed by atoms with Gasteiger partial charge in [-0.25, -0.2) is 0 Å². The van der Waals surface area contributed by atoms with Crippen LogP contribution in [-0.2, 0) is 0 Å². The van der Waals surface area contributed by atoms with Gasteiger partial charge in [0.2, 0.25) is 0 Å². The van der Waals surface area contributed by atoms with Gasteiger partial charge in [-0.3, -0.25) is 0 Å². The number of nitrogens with zero attached hydrogens (tertiary/aromatic N) is 3. The summed E-state index contributed by atoms with van der Waals surface area (Å²) in [6.45, 7) is 0. The molecule has 2 aliphatic carbocycles. The molecule has 0 amide bonds. The summed E-state index contributed by atoms with van der Waals surface area (Å²) >= 11 is 0. The second-order valence-electron chi connectivity index (χ2n) is 24.6. The van der Waals surface area contributed by atoms with Crippen LogP contribution in [-0.4, -0.2) is 4.57 Å². The van der Waals surface area contributed by atoms with Crippen LogP contribution in [0.15, 0.2) is 258 Å². The summed E-state index contributed by atoms with van der Waals surface area (Å²) in [5.74, 6) is 0.920. The molecule has 418 valence electrons. The lowest BCUT2D eigenvalue weighted by Gasteiger charge is -2.27. The minimum atomic E-state index is 0.460. The van der Waals surface area contributed by atoms with Crippen LogP contribution in [0.4, 0.5) is 34.1 Å². The van der Waals surface area contributed by atoms with Gasteiger partial charge in [-0.05, 0) is 154 Å². The molecule has 0 N–H and O–H groups in total. The number of aromatic nitrogens is 1. The highest BCUT2D eigenvalue weighted by molar-refractivity contribution is 6.33. The van der Waals surface area contributed by atoms with Crippen LogP contribution in [0.5, 0.6) is 0 Å². The molecule has 16 aromatic rings. The van der Waals surface area contributed by atoms with Crippen LogP contribution in [0.1, 0.15) is 87.2 Å². The number of rotatable bonds is 9. The van der Waals surface area contributed by atoms with Crippen LogP contribution in [0.25, 0.3) is 114 Å². The molecular weight excluding hydrogens is 1060 g/mol. The molecule has 13 aromatic carbocycles. The Balaban J connectivity index is 0.929. The molecule has 0 saturated heterocycles. The SMILES string of the molecule is c1ccc(N(c2cc3c(c4ccccc24)c2c4ccccc4c(N(c4ccccc4)c4cccc5c4oc4c(C6CCCCC6)cc6ccccc6c45)cc2n3-c2ccccc2)c2cccc3c2oc2c(C4CCCCC4)cc4ccccc4c23)cc1. The fourth-order valence-corrected chi connectivity index (χ4v) is 16.0. The zero-order valence-corrected chi connectivity index (χ0v) is 48.6. The van der Waals surface area contributed by atoms with Crippen molar-refractivity contribution in [2.45, 2.75) is 76.0 Å². The zero-order valence-electron chi connectivity index (χ0n) is 48.6. The average Bonchev–Trinajstić information content (AvgIpc) is 1.79. The van der Waals surface area contributed by atoms with E-state index in [1.807, 2.05) is 0 Å². The van der Waals surface area contributed by atoms with Crippen molar-refractivity contribution in [2.75, 3.05) is 9.80 Å². The Morgan fingerprint density at radius 3 is 1.09 bits per heavy atom. The Kier molecular flexibility index (Phi) is 11.7. The summed E-state index contributed by atoms with van der Waals surface area (Å²) in [7, 11) is 0. The van der Waals surface area contributed by atoms with Gasteiger partial charge in [0.05, 0.1) is 33.8 Å². The molecule has 5 nitrogen and oxygen atoms in total. The molecule has 5 heteroatoms. The van der Waals surface area contributed by atoms with Gasteiger partial charge >= 0.3 is 0 Å². The van der Waals surface area contributed by atoms with E-state index >= 15 is 0 Å². The molecule has 2 aliphatic rings. The van der Waals surface area contributed by atoms with Crippen molar-refractivity contribution in [3.63, 3.8) is 0 Å². The van der Waals surface area contributed by atoms with Gasteiger partial charge in [0.1, 0.15) is 11.2 Å². The van der Waals surface area contributed by atoms with Crippen LogP contribution in [0, 0.1) is 0 Å². The smallest absolute Gasteiger partial charge is 0.159 e. The Hall–Kier alpha value is -10.1. The molecule has 0 aliphatic heterocycles. The number of benzene rings is 13. The first kappa shape index (κ1) is 50.2. The maximum absolute atomic E-state index is 7.54. The highest BCUT2D eigenvalue weighted by Crippen LogP contribution is 2.54. The van der Waals surface area contributed by atoms with E-state index in [0.29, 0.717) is 11.8 Å². The fourth-order valence-electron chi connectivity index (χ4n) is 16.0. The van der Waals surface area contributed by atoms with Gasteiger partial charge in [0, 0.05) is 60.2 Å². The second-order valence-corrected chi connectivity index (χ2v) is 24.6. The number of hydrogen-bond acceptors (Lipinski definition) is 4. The summed E-state index contributed by atoms with van der Waals surface area (Å²) in [4.78, 5) is 4.94. The van der Waals surface area contributed by atoms with Crippen molar-refractivity contribution in [1.82, 2.24) is 4.57 Å². The predicted molar refractivity (Wildman–Crippen MR) is 366 cm³/mol. The summed E-state index contributed by atoms with van der Waals surface area (Å²) in [5, 5.41) is 16.8. The topological polar surface area (TPSA) is 37.7 Å². The van der Waals surface area contributed by atoms with Gasteiger partial charge in [-0.1, -0.05) is 214 Å². The molecule has 2 fully saturated rings. The van der Waals surface area contributed by atoms with Crippen LogP contribution >= 0.6 is 0 Å². The fraction of sp³-hybridized carbons (Fsp3) is 0.146. The number of anilines is 6. The van der Waals surface area contributed by atoms with E-state index in [4.69, 9.17) is 8.83 Å². The molecular formula is C82H63N3O2. The third-order valence-electron chi connectivity index (χ3n) is 19.8. The maximum Gasteiger partial charge on any atom is 0.159 e. The lowest BCUT2D eigenvalue weighted by atomic mass is 9.82. The molecule has 0 spiro atoms. The zero-order chi connectivity index (χ0) is 57.1. The van der Waals surface area contributed by atoms with E-state index in [1.54, 1.807) is 0 Å². The molecule has 0 atom stereocenters. The van der Waals surface area contributed by atoms with Gasteiger partial charge in [0.15, 0.2) is 11.2 Å². The molecule has 3 aromatic heterocycles. The van der Waals surface area contributed by atoms with Crippen molar-refractivity contribution < 1.29 is 8.83 Å². The molecule has 3 heterocycles. The van der Waals surface area contributed by atoms with E-state index in [0.717, 1.165) is 94.7 Å². The molecule has 87 heavy (non-hydrogen) atoms. The van der Waals surface area contributed by atoms with Crippen molar-refractivity contribution in [2.24, 2.45) is 0 Å². The largest absolute Gasteiger partial charge is 0.454 e. The highest BCUT2D eigenvalue weighted by atomic mass is 16.3. The number of furan rings is 2. The average molecular weight is 1120 g/mol. The quantitative estimate of drug-likeness (QED) is 0.144. The van der Waals surface area contributed by atoms with Crippen LogP contribution < -0.4 is 9.80 Å². The van der Waals surface area contributed by atoms with Gasteiger partial charge < -0.3 is 23.2 Å². The highest BCUT2D eigenvalue weighted by Gasteiger charge is 2.31.